The molecule has 0 aromatic heterocycles. The average molecular weight is 220 g/mol. The highest BCUT2D eigenvalue weighted by molar-refractivity contribution is 5.12. The molecule has 2 atom stereocenters. The lowest BCUT2D eigenvalue weighted by Crippen LogP contribution is -2.16. The van der Waals surface area contributed by atoms with Crippen molar-refractivity contribution in [1.82, 2.24) is 0 Å². The summed E-state index contributed by atoms with van der Waals surface area (Å²) in [6, 6.07) is 0. The van der Waals surface area contributed by atoms with Gasteiger partial charge in [-0.1, -0.05) is 37.6 Å². The van der Waals surface area contributed by atoms with Crippen LogP contribution in [-0.2, 0) is 4.74 Å². The summed E-state index contributed by atoms with van der Waals surface area (Å²) in [5.41, 5.74) is 1.91. The Bertz CT molecular complexity index is 324. The molecule has 0 radical (unpaired) electrons. The van der Waals surface area contributed by atoms with E-state index in [0.717, 1.165) is 19.3 Å². The molecular formula is C15H24O. The Morgan fingerprint density at radius 1 is 1.31 bits per heavy atom. The summed E-state index contributed by atoms with van der Waals surface area (Å²) in [7, 11) is 0. The summed E-state index contributed by atoms with van der Waals surface area (Å²) >= 11 is 0. The third kappa shape index (κ3) is 2.76. The third-order valence-corrected chi connectivity index (χ3v) is 3.89. The minimum atomic E-state index is 0.159. The van der Waals surface area contributed by atoms with Crippen molar-refractivity contribution in [2.75, 3.05) is 0 Å². The van der Waals surface area contributed by atoms with Gasteiger partial charge in [-0.3, -0.25) is 0 Å². The Labute approximate surface area is 99.6 Å². The first-order chi connectivity index (χ1) is 7.41. The van der Waals surface area contributed by atoms with E-state index in [1.54, 1.807) is 0 Å². The maximum Gasteiger partial charge on any atom is 0.0923 e. The molecule has 1 heteroatoms. The molecule has 16 heavy (non-hydrogen) atoms. The van der Waals surface area contributed by atoms with Crippen molar-refractivity contribution < 1.29 is 4.74 Å². The zero-order chi connectivity index (χ0) is 11.8. The lowest BCUT2D eigenvalue weighted by molar-refractivity contribution is 0.280. The van der Waals surface area contributed by atoms with Crippen LogP contribution in [0, 0.1) is 5.41 Å². The third-order valence-electron chi connectivity index (χ3n) is 3.89. The molecule has 0 amide bonds. The van der Waals surface area contributed by atoms with Crippen LogP contribution in [0.2, 0.25) is 0 Å². The number of epoxide rings is 1. The molecule has 1 nitrogen and oxygen atoms in total. The van der Waals surface area contributed by atoms with Crippen LogP contribution in [0.4, 0.5) is 0 Å². The highest BCUT2D eigenvalue weighted by atomic mass is 16.6. The van der Waals surface area contributed by atoms with Crippen molar-refractivity contribution in [3.8, 4) is 0 Å². The van der Waals surface area contributed by atoms with Gasteiger partial charge in [0.05, 0.1) is 11.7 Å². The van der Waals surface area contributed by atoms with Gasteiger partial charge in [-0.15, -0.1) is 0 Å². The first kappa shape index (κ1) is 11.9. The first-order valence-corrected chi connectivity index (χ1v) is 6.42. The Hall–Kier alpha value is -0.560. The molecule has 0 saturated carbocycles. The van der Waals surface area contributed by atoms with Crippen molar-refractivity contribution in [3.63, 3.8) is 0 Å². The van der Waals surface area contributed by atoms with E-state index >= 15 is 0 Å². The summed E-state index contributed by atoms with van der Waals surface area (Å²) in [5.74, 6) is 0. The molecular weight excluding hydrogens is 196 g/mol. The Balaban J connectivity index is 2.11. The molecule has 1 fully saturated rings. The van der Waals surface area contributed by atoms with Crippen LogP contribution in [0.5, 0.6) is 0 Å². The molecule has 0 aromatic carbocycles. The largest absolute Gasteiger partial charge is 0.366 e. The van der Waals surface area contributed by atoms with Crippen LogP contribution < -0.4 is 0 Å². The van der Waals surface area contributed by atoms with Crippen LogP contribution in [0.25, 0.3) is 0 Å². The number of allylic oxidation sites excluding steroid dienone is 4. The van der Waals surface area contributed by atoms with E-state index in [1.165, 1.54) is 12.0 Å². The molecule has 0 N–H and O–H groups in total. The van der Waals surface area contributed by atoms with Gasteiger partial charge in [0.1, 0.15) is 0 Å². The molecule has 0 spiro atoms. The second kappa shape index (κ2) is 4.03. The summed E-state index contributed by atoms with van der Waals surface area (Å²) < 4.78 is 5.88. The average Bonchev–Trinajstić information content (AvgIpc) is 2.73. The van der Waals surface area contributed by atoms with Crippen molar-refractivity contribution in [1.29, 1.82) is 0 Å². The predicted octanol–water partition coefficient (Wildman–Crippen LogP) is 4.25. The van der Waals surface area contributed by atoms with Gasteiger partial charge >= 0.3 is 0 Å². The molecule has 1 aliphatic heterocycles. The molecule has 1 saturated heterocycles. The standard InChI is InChI=1S/C15H24O/c1-12-7-5-9-14(2,3)11-13-15(4,16-13)10-6-8-12/h5,8-9,13H,6-7,10-11H2,1-4H3/b9-5+,12-8+/t13-,15?/m1/s1. The Morgan fingerprint density at radius 3 is 2.81 bits per heavy atom. The number of hydrogen-bond acceptors (Lipinski definition) is 1. The molecule has 90 valence electrons. The zero-order valence-corrected chi connectivity index (χ0v) is 11.0. The van der Waals surface area contributed by atoms with Gasteiger partial charge in [0.15, 0.2) is 0 Å². The summed E-state index contributed by atoms with van der Waals surface area (Å²) in [6.45, 7) is 9.10. The quantitative estimate of drug-likeness (QED) is 0.439. The lowest BCUT2D eigenvalue weighted by Gasteiger charge is -2.19. The molecule has 0 bridgehead atoms. The Kier molecular flexibility index (Phi) is 3.00. The molecule has 0 aromatic rings. The highest BCUT2D eigenvalue weighted by Gasteiger charge is 2.52. The maximum atomic E-state index is 5.88. The fraction of sp³-hybridized carbons (Fsp3) is 0.733. The lowest BCUT2D eigenvalue weighted by atomic mass is 9.84. The van der Waals surface area contributed by atoms with Gasteiger partial charge in [-0.2, -0.15) is 0 Å². The fourth-order valence-electron chi connectivity index (χ4n) is 2.57. The van der Waals surface area contributed by atoms with Crippen LogP contribution in [0.1, 0.15) is 53.4 Å². The number of ether oxygens (including phenoxy) is 1. The normalized spacial score (nSPS) is 43.5. The smallest absolute Gasteiger partial charge is 0.0923 e. The number of rotatable bonds is 0. The van der Waals surface area contributed by atoms with E-state index in [2.05, 4.69) is 45.9 Å². The van der Waals surface area contributed by atoms with Crippen LogP contribution in [0.3, 0.4) is 0 Å². The fourth-order valence-corrected chi connectivity index (χ4v) is 2.57. The second-order valence-electron chi connectivity index (χ2n) is 6.31. The number of hydrogen-bond donors (Lipinski definition) is 0. The molecule has 1 unspecified atom stereocenters. The van der Waals surface area contributed by atoms with Crippen molar-refractivity contribution in [2.45, 2.75) is 65.1 Å². The van der Waals surface area contributed by atoms with Crippen LogP contribution in [0.15, 0.2) is 23.8 Å². The van der Waals surface area contributed by atoms with Crippen molar-refractivity contribution >= 4 is 0 Å². The SMILES string of the molecule is C/C1=C\CCC2(C)O[C@@H]2CC(C)(C)/C=C/C1. The van der Waals surface area contributed by atoms with Gasteiger partial charge in [0.25, 0.3) is 0 Å². The minimum Gasteiger partial charge on any atom is -0.366 e. The van der Waals surface area contributed by atoms with Crippen LogP contribution in [-0.4, -0.2) is 11.7 Å². The predicted molar refractivity (Wildman–Crippen MR) is 68.4 cm³/mol. The first-order valence-electron chi connectivity index (χ1n) is 6.42. The minimum absolute atomic E-state index is 0.159. The monoisotopic (exact) mass is 220 g/mol. The zero-order valence-electron chi connectivity index (χ0n) is 11.0. The molecule has 1 aliphatic carbocycles. The van der Waals surface area contributed by atoms with Gasteiger partial charge < -0.3 is 4.74 Å². The van der Waals surface area contributed by atoms with Gasteiger partial charge in [-0.25, -0.2) is 0 Å². The van der Waals surface area contributed by atoms with Gasteiger partial charge in [0, 0.05) is 0 Å². The van der Waals surface area contributed by atoms with Crippen molar-refractivity contribution in [2.24, 2.45) is 5.41 Å². The molecule has 2 rings (SSSR count). The highest BCUT2D eigenvalue weighted by Crippen LogP contribution is 2.46. The maximum absolute atomic E-state index is 5.88. The Morgan fingerprint density at radius 2 is 2.06 bits per heavy atom. The summed E-state index contributed by atoms with van der Waals surface area (Å²) in [5, 5.41) is 0. The van der Waals surface area contributed by atoms with E-state index in [-0.39, 0.29) is 11.0 Å². The van der Waals surface area contributed by atoms with E-state index < -0.39 is 0 Å². The van der Waals surface area contributed by atoms with Gasteiger partial charge in [0.2, 0.25) is 0 Å². The van der Waals surface area contributed by atoms with Crippen LogP contribution >= 0.6 is 0 Å². The van der Waals surface area contributed by atoms with E-state index in [4.69, 9.17) is 4.74 Å². The number of fused-ring (bicyclic) bond motifs is 1. The van der Waals surface area contributed by atoms with E-state index in [0.29, 0.717) is 6.10 Å². The molecule has 2 aliphatic rings. The second-order valence-corrected chi connectivity index (χ2v) is 6.31. The summed E-state index contributed by atoms with van der Waals surface area (Å²) in [6.07, 6.45) is 12.1. The van der Waals surface area contributed by atoms with Gasteiger partial charge in [-0.05, 0) is 44.9 Å². The van der Waals surface area contributed by atoms with Crippen molar-refractivity contribution in [3.05, 3.63) is 23.8 Å². The molecule has 1 heterocycles. The van der Waals surface area contributed by atoms with E-state index in [1.807, 2.05) is 0 Å². The van der Waals surface area contributed by atoms with E-state index in [9.17, 15) is 0 Å². The topological polar surface area (TPSA) is 12.5 Å². The summed E-state index contributed by atoms with van der Waals surface area (Å²) in [4.78, 5) is 0.